The smallest absolute Gasteiger partial charge is 0.234 e. The van der Waals surface area contributed by atoms with Crippen LogP contribution >= 0.6 is 24.8 Å². The quantitative estimate of drug-likeness (QED) is 0.767. The third kappa shape index (κ3) is 7.82. The maximum absolute atomic E-state index is 11.5. The van der Waals surface area contributed by atoms with Gasteiger partial charge >= 0.3 is 0 Å². The van der Waals surface area contributed by atoms with Crippen LogP contribution in [0.2, 0.25) is 0 Å². The summed E-state index contributed by atoms with van der Waals surface area (Å²) in [6, 6.07) is 0.491. The fourth-order valence-corrected chi connectivity index (χ4v) is 1.87. The Bertz CT molecular complexity index is 195. The van der Waals surface area contributed by atoms with Crippen LogP contribution in [-0.4, -0.2) is 49.6 Å². The highest BCUT2D eigenvalue weighted by atomic mass is 35.5. The largest absolute Gasteiger partial charge is 0.353 e. The van der Waals surface area contributed by atoms with E-state index in [1.165, 1.54) is 12.8 Å². The number of hydrogen-bond acceptors (Lipinski definition) is 3. The van der Waals surface area contributed by atoms with E-state index in [0.29, 0.717) is 12.6 Å². The number of hydrogen-bond donors (Lipinski definition) is 2. The van der Waals surface area contributed by atoms with Crippen LogP contribution < -0.4 is 10.6 Å². The molecular formula is C11H25Cl2N3O. The van der Waals surface area contributed by atoms with Crippen LogP contribution in [0.1, 0.15) is 26.7 Å². The van der Waals surface area contributed by atoms with Gasteiger partial charge in [0, 0.05) is 12.6 Å². The van der Waals surface area contributed by atoms with Crippen molar-refractivity contribution in [3.63, 3.8) is 0 Å². The lowest BCUT2D eigenvalue weighted by Gasteiger charge is -2.18. The predicted molar refractivity (Wildman–Crippen MR) is 76.3 cm³/mol. The molecule has 6 heteroatoms. The Morgan fingerprint density at radius 1 is 1.35 bits per heavy atom. The number of rotatable bonds is 6. The van der Waals surface area contributed by atoms with E-state index in [2.05, 4.69) is 29.4 Å². The van der Waals surface area contributed by atoms with E-state index >= 15 is 0 Å². The lowest BCUT2D eigenvalue weighted by molar-refractivity contribution is -0.122. The average molecular weight is 286 g/mol. The molecule has 0 aliphatic carbocycles. The first-order valence-electron chi connectivity index (χ1n) is 5.98. The van der Waals surface area contributed by atoms with Crippen molar-refractivity contribution in [2.75, 3.05) is 32.7 Å². The van der Waals surface area contributed by atoms with Crippen molar-refractivity contribution in [1.29, 1.82) is 0 Å². The molecule has 1 aliphatic heterocycles. The first-order chi connectivity index (χ1) is 7.26. The van der Waals surface area contributed by atoms with Crippen LogP contribution in [0.25, 0.3) is 0 Å². The van der Waals surface area contributed by atoms with Crippen LogP contribution in [0, 0.1) is 0 Å². The van der Waals surface area contributed by atoms with E-state index in [9.17, 15) is 4.79 Å². The van der Waals surface area contributed by atoms with Crippen molar-refractivity contribution in [2.24, 2.45) is 0 Å². The van der Waals surface area contributed by atoms with Crippen molar-refractivity contribution < 1.29 is 4.79 Å². The number of nitrogens with zero attached hydrogens (tertiary/aromatic N) is 1. The molecule has 0 spiro atoms. The van der Waals surface area contributed by atoms with Crippen LogP contribution in [0.15, 0.2) is 0 Å². The molecule has 0 radical (unpaired) electrons. The van der Waals surface area contributed by atoms with E-state index in [0.717, 1.165) is 26.2 Å². The molecule has 4 nitrogen and oxygen atoms in total. The second kappa shape index (κ2) is 11.1. The standard InChI is InChI=1S/C11H23N3O.2ClH/c1-3-14(4-2)9-11(15)13-8-10-6-5-7-12-10;;/h10,12H,3-9H2,1-2H3,(H,13,15);2*1H. The summed E-state index contributed by atoms with van der Waals surface area (Å²) in [5.74, 6) is 0.146. The van der Waals surface area contributed by atoms with Crippen LogP contribution in [0.5, 0.6) is 0 Å². The Morgan fingerprint density at radius 2 is 2.00 bits per heavy atom. The molecule has 1 amide bonds. The van der Waals surface area contributed by atoms with E-state index in [1.807, 2.05) is 0 Å². The van der Waals surface area contributed by atoms with Crippen LogP contribution in [0.3, 0.4) is 0 Å². The topological polar surface area (TPSA) is 44.4 Å². The fourth-order valence-electron chi connectivity index (χ4n) is 1.87. The molecule has 0 aromatic heterocycles. The summed E-state index contributed by atoms with van der Waals surface area (Å²) in [7, 11) is 0. The zero-order chi connectivity index (χ0) is 11.1. The van der Waals surface area contributed by atoms with Crippen molar-refractivity contribution in [3.05, 3.63) is 0 Å². The summed E-state index contributed by atoms with van der Waals surface area (Å²) >= 11 is 0. The number of nitrogens with one attached hydrogen (secondary N) is 2. The molecule has 2 N–H and O–H groups in total. The highest BCUT2D eigenvalue weighted by Crippen LogP contribution is 2.02. The van der Waals surface area contributed by atoms with Gasteiger partial charge in [-0.2, -0.15) is 0 Å². The molecule has 1 unspecified atom stereocenters. The molecule has 0 bridgehead atoms. The maximum Gasteiger partial charge on any atom is 0.234 e. The van der Waals surface area contributed by atoms with Crippen LogP contribution in [0.4, 0.5) is 0 Å². The molecule has 1 atom stereocenters. The molecule has 0 aromatic rings. The molecule has 1 saturated heterocycles. The van der Waals surface area contributed by atoms with Crippen molar-refractivity contribution >= 4 is 30.7 Å². The Labute approximate surface area is 117 Å². The van der Waals surface area contributed by atoms with Gasteiger partial charge < -0.3 is 10.6 Å². The Hall–Kier alpha value is -0.0300. The van der Waals surface area contributed by atoms with Gasteiger partial charge in [0.25, 0.3) is 0 Å². The first-order valence-corrected chi connectivity index (χ1v) is 5.98. The maximum atomic E-state index is 11.5. The van der Waals surface area contributed by atoms with E-state index < -0.39 is 0 Å². The van der Waals surface area contributed by atoms with Gasteiger partial charge in [-0.05, 0) is 32.5 Å². The summed E-state index contributed by atoms with van der Waals surface area (Å²) in [5.41, 5.74) is 0. The van der Waals surface area contributed by atoms with Crippen LogP contribution in [-0.2, 0) is 4.79 Å². The molecule has 104 valence electrons. The van der Waals surface area contributed by atoms with Gasteiger partial charge in [0.05, 0.1) is 6.54 Å². The Morgan fingerprint density at radius 3 is 2.47 bits per heavy atom. The summed E-state index contributed by atoms with van der Waals surface area (Å²) in [6.45, 7) is 8.43. The molecular weight excluding hydrogens is 261 g/mol. The van der Waals surface area contributed by atoms with Gasteiger partial charge in [-0.15, -0.1) is 24.8 Å². The lowest BCUT2D eigenvalue weighted by atomic mass is 10.2. The molecule has 0 saturated carbocycles. The number of likely N-dealkylation sites (N-methyl/N-ethyl adjacent to an activating group) is 1. The minimum absolute atomic E-state index is 0. The SMILES string of the molecule is CCN(CC)CC(=O)NCC1CCCN1.Cl.Cl. The van der Waals surface area contributed by atoms with Crippen molar-refractivity contribution in [2.45, 2.75) is 32.7 Å². The van der Waals surface area contributed by atoms with E-state index in [1.54, 1.807) is 0 Å². The number of carbonyl (C=O) groups excluding carboxylic acids is 1. The normalized spacial score (nSPS) is 18.4. The second-order valence-corrected chi connectivity index (χ2v) is 4.06. The number of halogens is 2. The van der Waals surface area contributed by atoms with Gasteiger partial charge in [-0.1, -0.05) is 13.8 Å². The van der Waals surface area contributed by atoms with Gasteiger partial charge in [0.1, 0.15) is 0 Å². The third-order valence-corrected chi connectivity index (χ3v) is 2.97. The molecule has 0 aromatic carbocycles. The zero-order valence-corrected chi connectivity index (χ0v) is 12.3. The average Bonchev–Trinajstić information content (AvgIpc) is 2.75. The van der Waals surface area contributed by atoms with E-state index in [4.69, 9.17) is 0 Å². The van der Waals surface area contributed by atoms with Crippen molar-refractivity contribution in [1.82, 2.24) is 15.5 Å². The Balaban J connectivity index is 0. The Kier molecular flexibility index (Phi) is 12.6. The molecule has 1 heterocycles. The minimum Gasteiger partial charge on any atom is -0.353 e. The highest BCUT2D eigenvalue weighted by Gasteiger charge is 2.15. The van der Waals surface area contributed by atoms with Gasteiger partial charge in [-0.25, -0.2) is 0 Å². The summed E-state index contributed by atoms with van der Waals surface area (Å²) < 4.78 is 0. The third-order valence-electron chi connectivity index (χ3n) is 2.97. The lowest BCUT2D eigenvalue weighted by Crippen LogP contribution is -2.42. The van der Waals surface area contributed by atoms with E-state index in [-0.39, 0.29) is 30.7 Å². The molecule has 1 aliphatic rings. The first kappa shape index (κ1) is 19.3. The van der Waals surface area contributed by atoms with Crippen molar-refractivity contribution in [3.8, 4) is 0 Å². The molecule has 1 rings (SSSR count). The molecule has 1 fully saturated rings. The summed E-state index contributed by atoms with van der Waals surface area (Å²) in [5, 5.41) is 6.35. The minimum atomic E-state index is 0. The highest BCUT2D eigenvalue weighted by molar-refractivity contribution is 5.85. The zero-order valence-electron chi connectivity index (χ0n) is 10.7. The van der Waals surface area contributed by atoms with Gasteiger partial charge in [0.2, 0.25) is 5.91 Å². The fraction of sp³-hybridized carbons (Fsp3) is 0.909. The summed E-state index contributed by atoms with van der Waals surface area (Å²) in [6.07, 6.45) is 2.42. The number of amides is 1. The molecule has 17 heavy (non-hydrogen) atoms. The van der Waals surface area contributed by atoms with Gasteiger partial charge in [-0.3, -0.25) is 9.69 Å². The van der Waals surface area contributed by atoms with Gasteiger partial charge in [0.15, 0.2) is 0 Å². The summed E-state index contributed by atoms with van der Waals surface area (Å²) in [4.78, 5) is 13.7. The number of carbonyl (C=O) groups is 1. The monoisotopic (exact) mass is 285 g/mol. The second-order valence-electron chi connectivity index (χ2n) is 4.06. The predicted octanol–water partition coefficient (Wildman–Crippen LogP) is 1.04.